The van der Waals surface area contributed by atoms with Gasteiger partial charge in [0, 0.05) is 12.2 Å². The predicted octanol–water partition coefficient (Wildman–Crippen LogP) is 0.777. The lowest BCUT2D eigenvalue weighted by molar-refractivity contribution is -0.134. The molecule has 1 saturated carbocycles. The molecule has 1 aliphatic carbocycles. The highest BCUT2D eigenvalue weighted by molar-refractivity contribution is 5.79. The highest BCUT2D eigenvalue weighted by Gasteiger charge is 2.52. The van der Waals surface area contributed by atoms with Crippen LogP contribution in [-0.4, -0.2) is 44.1 Å². The van der Waals surface area contributed by atoms with Crippen LogP contribution in [-0.2, 0) is 11.2 Å². The summed E-state index contributed by atoms with van der Waals surface area (Å²) in [5.74, 6) is 0.0908. The molecular formula is C13H19N3O2. The summed E-state index contributed by atoms with van der Waals surface area (Å²) in [6.07, 6.45) is 5.56. The molecule has 1 saturated heterocycles. The van der Waals surface area contributed by atoms with Gasteiger partial charge in [0.25, 0.3) is 0 Å². The van der Waals surface area contributed by atoms with E-state index in [0.717, 1.165) is 43.6 Å². The fraction of sp³-hybridized carbons (Fsp3) is 0.692. The Hall–Kier alpha value is -1.36. The molecule has 5 nitrogen and oxygen atoms in total. The van der Waals surface area contributed by atoms with E-state index in [0.29, 0.717) is 6.42 Å². The SMILES string of the molecule is Cc1[nH]cnc1CC(=O)N1CCCC1C1(O)CC1. The van der Waals surface area contributed by atoms with Crippen molar-refractivity contribution in [2.45, 2.75) is 50.7 Å². The van der Waals surface area contributed by atoms with Gasteiger partial charge >= 0.3 is 0 Å². The molecule has 1 aliphatic heterocycles. The van der Waals surface area contributed by atoms with Crippen LogP contribution in [0.2, 0.25) is 0 Å². The number of nitrogens with zero attached hydrogens (tertiary/aromatic N) is 2. The maximum absolute atomic E-state index is 12.3. The van der Waals surface area contributed by atoms with Crippen molar-refractivity contribution in [3.05, 3.63) is 17.7 Å². The molecule has 18 heavy (non-hydrogen) atoms. The number of rotatable bonds is 3. The standard InChI is InChI=1S/C13H19N3O2/c1-9-10(15-8-14-9)7-12(17)16-6-2-3-11(16)13(18)4-5-13/h8,11,18H,2-7H2,1H3,(H,14,15). The van der Waals surface area contributed by atoms with Crippen LogP contribution in [0.4, 0.5) is 0 Å². The zero-order valence-electron chi connectivity index (χ0n) is 10.6. The summed E-state index contributed by atoms with van der Waals surface area (Å²) in [4.78, 5) is 21.3. The van der Waals surface area contributed by atoms with Gasteiger partial charge < -0.3 is 15.0 Å². The largest absolute Gasteiger partial charge is 0.388 e. The monoisotopic (exact) mass is 249 g/mol. The number of amides is 1. The first-order valence-electron chi connectivity index (χ1n) is 6.61. The average Bonchev–Trinajstić information content (AvgIpc) is 2.81. The molecule has 1 aromatic rings. The van der Waals surface area contributed by atoms with Crippen LogP contribution in [0.15, 0.2) is 6.33 Å². The normalized spacial score (nSPS) is 25.4. The van der Waals surface area contributed by atoms with Crippen molar-refractivity contribution in [2.24, 2.45) is 0 Å². The topological polar surface area (TPSA) is 69.2 Å². The van der Waals surface area contributed by atoms with E-state index in [9.17, 15) is 9.90 Å². The molecule has 1 atom stereocenters. The second-order valence-corrected chi connectivity index (χ2v) is 5.50. The van der Waals surface area contributed by atoms with Gasteiger partial charge in [0.1, 0.15) is 0 Å². The molecular weight excluding hydrogens is 230 g/mol. The molecule has 3 rings (SSSR count). The molecule has 0 radical (unpaired) electrons. The fourth-order valence-electron chi connectivity index (χ4n) is 2.90. The van der Waals surface area contributed by atoms with Crippen LogP contribution in [0.3, 0.4) is 0 Å². The Labute approximate surface area is 106 Å². The Balaban J connectivity index is 1.70. The number of aromatic amines is 1. The van der Waals surface area contributed by atoms with E-state index in [1.165, 1.54) is 0 Å². The lowest BCUT2D eigenvalue weighted by Crippen LogP contribution is -2.44. The summed E-state index contributed by atoms with van der Waals surface area (Å²) in [6.45, 7) is 2.70. The summed E-state index contributed by atoms with van der Waals surface area (Å²) in [6, 6.07) is 0.0317. The van der Waals surface area contributed by atoms with Gasteiger partial charge in [-0.3, -0.25) is 4.79 Å². The number of hydrogen-bond acceptors (Lipinski definition) is 3. The number of H-pyrrole nitrogens is 1. The Morgan fingerprint density at radius 3 is 3.06 bits per heavy atom. The minimum atomic E-state index is -0.590. The first-order valence-corrected chi connectivity index (χ1v) is 6.61. The van der Waals surface area contributed by atoms with Gasteiger partial charge in [-0.15, -0.1) is 0 Å². The molecule has 2 N–H and O–H groups in total. The zero-order valence-corrected chi connectivity index (χ0v) is 10.6. The van der Waals surface area contributed by atoms with E-state index in [2.05, 4.69) is 9.97 Å². The van der Waals surface area contributed by atoms with E-state index in [1.54, 1.807) is 6.33 Å². The minimum absolute atomic E-state index is 0.0317. The number of nitrogens with one attached hydrogen (secondary N) is 1. The van der Waals surface area contributed by atoms with Crippen molar-refractivity contribution in [1.82, 2.24) is 14.9 Å². The lowest BCUT2D eigenvalue weighted by atomic mass is 10.1. The van der Waals surface area contributed by atoms with Gasteiger partial charge in [-0.25, -0.2) is 4.98 Å². The van der Waals surface area contributed by atoms with Gasteiger partial charge in [0.2, 0.25) is 5.91 Å². The molecule has 1 amide bonds. The molecule has 2 fully saturated rings. The first kappa shape index (κ1) is 11.7. The number of aliphatic hydroxyl groups is 1. The summed E-state index contributed by atoms with van der Waals surface area (Å²) in [5.41, 5.74) is 1.17. The Bertz CT molecular complexity index is 465. The zero-order chi connectivity index (χ0) is 12.8. The van der Waals surface area contributed by atoms with E-state index in [1.807, 2.05) is 11.8 Å². The van der Waals surface area contributed by atoms with Crippen LogP contribution in [0.25, 0.3) is 0 Å². The van der Waals surface area contributed by atoms with Crippen molar-refractivity contribution in [2.75, 3.05) is 6.54 Å². The van der Waals surface area contributed by atoms with Gasteiger partial charge in [-0.2, -0.15) is 0 Å². The van der Waals surface area contributed by atoms with E-state index in [-0.39, 0.29) is 11.9 Å². The van der Waals surface area contributed by atoms with Crippen LogP contribution in [0.1, 0.15) is 37.1 Å². The van der Waals surface area contributed by atoms with Gasteiger partial charge in [-0.05, 0) is 32.6 Å². The second-order valence-electron chi connectivity index (χ2n) is 5.50. The molecule has 0 aromatic carbocycles. The number of hydrogen-bond donors (Lipinski definition) is 2. The third kappa shape index (κ3) is 1.92. The smallest absolute Gasteiger partial charge is 0.229 e. The highest BCUT2D eigenvalue weighted by atomic mass is 16.3. The lowest BCUT2D eigenvalue weighted by Gasteiger charge is -2.28. The fourth-order valence-corrected chi connectivity index (χ4v) is 2.90. The number of carbonyl (C=O) groups excluding carboxylic acids is 1. The van der Waals surface area contributed by atoms with Crippen LogP contribution in [0, 0.1) is 6.92 Å². The van der Waals surface area contributed by atoms with Crippen molar-refractivity contribution >= 4 is 5.91 Å². The Kier molecular flexibility index (Phi) is 2.66. The number of imidazole rings is 1. The molecule has 0 spiro atoms. The Morgan fingerprint density at radius 2 is 2.44 bits per heavy atom. The summed E-state index contributed by atoms with van der Waals surface area (Å²) in [5, 5.41) is 10.2. The highest BCUT2D eigenvalue weighted by Crippen LogP contribution is 2.44. The maximum atomic E-state index is 12.3. The number of carbonyl (C=O) groups is 1. The van der Waals surface area contributed by atoms with Gasteiger partial charge in [0.15, 0.2) is 0 Å². The predicted molar refractivity (Wildman–Crippen MR) is 65.9 cm³/mol. The molecule has 2 aliphatic rings. The van der Waals surface area contributed by atoms with Crippen LogP contribution in [0.5, 0.6) is 0 Å². The molecule has 98 valence electrons. The average molecular weight is 249 g/mol. The number of likely N-dealkylation sites (tertiary alicyclic amines) is 1. The molecule has 1 unspecified atom stereocenters. The summed E-state index contributed by atoms with van der Waals surface area (Å²) < 4.78 is 0. The molecule has 2 heterocycles. The molecule has 0 bridgehead atoms. The number of aromatic nitrogens is 2. The van der Waals surface area contributed by atoms with E-state index >= 15 is 0 Å². The quantitative estimate of drug-likeness (QED) is 0.831. The second kappa shape index (κ2) is 4.09. The molecule has 1 aromatic heterocycles. The third-order valence-electron chi connectivity index (χ3n) is 4.21. The van der Waals surface area contributed by atoms with E-state index in [4.69, 9.17) is 0 Å². The van der Waals surface area contributed by atoms with Crippen molar-refractivity contribution in [3.63, 3.8) is 0 Å². The van der Waals surface area contributed by atoms with Crippen LogP contribution >= 0.6 is 0 Å². The maximum Gasteiger partial charge on any atom is 0.229 e. The molecule has 5 heteroatoms. The first-order chi connectivity index (χ1) is 8.60. The van der Waals surface area contributed by atoms with Crippen molar-refractivity contribution in [3.8, 4) is 0 Å². The van der Waals surface area contributed by atoms with Gasteiger partial charge in [0.05, 0.1) is 30.1 Å². The summed E-state index contributed by atoms with van der Waals surface area (Å²) >= 11 is 0. The number of aryl methyl sites for hydroxylation is 1. The van der Waals surface area contributed by atoms with Crippen molar-refractivity contribution < 1.29 is 9.90 Å². The summed E-state index contributed by atoms with van der Waals surface area (Å²) in [7, 11) is 0. The third-order valence-corrected chi connectivity index (χ3v) is 4.21. The van der Waals surface area contributed by atoms with E-state index < -0.39 is 5.60 Å². The van der Waals surface area contributed by atoms with Crippen molar-refractivity contribution in [1.29, 1.82) is 0 Å². The van der Waals surface area contributed by atoms with Gasteiger partial charge in [-0.1, -0.05) is 0 Å². The Morgan fingerprint density at radius 1 is 1.67 bits per heavy atom. The van der Waals surface area contributed by atoms with Crippen LogP contribution < -0.4 is 0 Å². The minimum Gasteiger partial charge on any atom is -0.388 e.